The normalized spacial score (nSPS) is 15.6. The summed E-state index contributed by atoms with van der Waals surface area (Å²) in [6.45, 7) is 4.59. The van der Waals surface area contributed by atoms with Gasteiger partial charge in [0.15, 0.2) is 0 Å². The van der Waals surface area contributed by atoms with Crippen LogP contribution in [0.5, 0.6) is 6.01 Å². The van der Waals surface area contributed by atoms with E-state index in [1.54, 1.807) is 6.92 Å². The second-order valence-corrected chi connectivity index (χ2v) is 5.61. The number of oxime groups is 1. The minimum absolute atomic E-state index is 0.104. The molecule has 0 radical (unpaired) electrons. The molecule has 2 aromatic rings. The fraction of sp³-hybridized carbons (Fsp3) is 0.438. The molecule has 1 fully saturated rings. The Kier molecular flexibility index (Phi) is 5.01. The van der Waals surface area contributed by atoms with Gasteiger partial charge in [-0.15, -0.1) is 0 Å². The molecule has 1 amide bonds. The molecule has 0 spiro atoms. The number of amides is 1. The number of aromatic amines is 1. The second kappa shape index (κ2) is 7.38. The average Bonchev–Trinajstić information content (AvgIpc) is 3.08. The summed E-state index contributed by atoms with van der Waals surface area (Å²) in [5.41, 5.74) is -0.0304. The van der Waals surface area contributed by atoms with Gasteiger partial charge in [-0.3, -0.25) is 9.78 Å². The van der Waals surface area contributed by atoms with Crippen molar-refractivity contribution in [1.82, 2.24) is 14.9 Å². The van der Waals surface area contributed by atoms with Gasteiger partial charge in [-0.25, -0.2) is 9.59 Å². The maximum atomic E-state index is 12.2. The molecule has 10 heteroatoms. The van der Waals surface area contributed by atoms with Gasteiger partial charge in [0.25, 0.3) is 5.56 Å². The molecule has 1 saturated heterocycles. The molecule has 0 aromatic carbocycles. The monoisotopic (exact) mass is 362 g/mol. The van der Waals surface area contributed by atoms with Crippen LogP contribution in [0.2, 0.25) is 0 Å². The third-order valence-electron chi connectivity index (χ3n) is 3.89. The fourth-order valence-corrected chi connectivity index (χ4v) is 2.65. The number of ether oxygens (including phenoxy) is 1. The van der Waals surface area contributed by atoms with Crippen molar-refractivity contribution in [3.63, 3.8) is 0 Å². The summed E-state index contributed by atoms with van der Waals surface area (Å²) in [6.07, 6.45) is 0.592. The highest BCUT2D eigenvalue weighted by Crippen LogP contribution is 2.14. The number of hydrogen-bond donors (Lipinski definition) is 1. The van der Waals surface area contributed by atoms with E-state index in [1.807, 2.05) is 6.92 Å². The predicted octanol–water partition coefficient (Wildman–Crippen LogP) is 1.04. The van der Waals surface area contributed by atoms with Gasteiger partial charge in [0, 0.05) is 19.0 Å². The molecule has 0 aliphatic carbocycles. The van der Waals surface area contributed by atoms with Crippen molar-refractivity contribution in [2.24, 2.45) is 5.16 Å². The summed E-state index contributed by atoms with van der Waals surface area (Å²) < 4.78 is 9.91. The highest BCUT2D eigenvalue weighted by molar-refractivity contribution is 5.91. The number of likely N-dealkylation sites (tertiary alicyclic amines) is 1. The number of aromatic nitrogens is 2. The molecule has 1 aliphatic heterocycles. The van der Waals surface area contributed by atoms with Crippen LogP contribution >= 0.6 is 0 Å². The zero-order valence-electron chi connectivity index (χ0n) is 14.4. The minimum Gasteiger partial charge on any atom is -0.450 e. The lowest BCUT2D eigenvalue weighted by Gasteiger charge is -2.13. The lowest BCUT2D eigenvalue weighted by atomic mass is 10.1. The maximum Gasteiger partial charge on any atom is 0.410 e. The Labute approximate surface area is 147 Å². The van der Waals surface area contributed by atoms with Gasteiger partial charge >= 0.3 is 17.7 Å². The smallest absolute Gasteiger partial charge is 0.410 e. The molecule has 0 saturated carbocycles. The molecule has 0 bridgehead atoms. The molecule has 10 nitrogen and oxygen atoms in total. The van der Waals surface area contributed by atoms with Gasteiger partial charge in [-0.05, 0) is 18.9 Å². The van der Waals surface area contributed by atoms with Gasteiger partial charge in [0.2, 0.25) is 5.71 Å². The Morgan fingerprint density at radius 3 is 2.96 bits per heavy atom. The fourth-order valence-electron chi connectivity index (χ4n) is 2.65. The maximum absolute atomic E-state index is 12.2. The molecule has 0 unspecified atom stereocenters. The summed E-state index contributed by atoms with van der Waals surface area (Å²) in [6, 6.07) is 1.07. The number of fused-ring (bicyclic) bond motifs is 1. The first kappa shape index (κ1) is 17.6. The molecule has 26 heavy (non-hydrogen) atoms. The van der Waals surface area contributed by atoms with Crippen LogP contribution in [0.4, 0.5) is 4.79 Å². The molecule has 3 heterocycles. The van der Waals surface area contributed by atoms with Gasteiger partial charge in [-0.1, -0.05) is 12.1 Å². The van der Waals surface area contributed by atoms with Crippen molar-refractivity contribution in [3.8, 4) is 6.01 Å². The first-order valence-corrected chi connectivity index (χ1v) is 8.23. The van der Waals surface area contributed by atoms with Crippen LogP contribution in [0.15, 0.2) is 25.2 Å². The first-order chi connectivity index (χ1) is 12.5. The van der Waals surface area contributed by atoms with Crippen molar-refractivity contribution >= 4 is 22.9 Å². The van der Waals surface area contributed by atoms with Crippen LogP contribution in [-0.4, -0.2) is 46.4 Å². The first-order valence-electron chi connectivity index (χ1n) is 8.23. The van der Waals surface area contributed by atoms with E-state index in [0.717, 1.165) is 0 Å². The van der Waals surface area contributed by atoms with Gasteiger partial charge in [0.05, 0.1) is 18.9 Å². The van der Waals surface area contributed by atoms with Crippen LogP contribution in [0, 0.1) is 0 Å². The van der Waals surface area contributed by atoms with E-state index in [-0.39, 0.29) is 23.7 Å². The Hall–Kier alpha value is -3.17. The molecule has 1 aliphatic rings. The molecule has 138 valence electrons. The Morgan fingerprint density at radius 1 is 1.42 bits per heavy atom. The number of H-pyrrole nitrogens is 1. The third-order valence-corrected chi connectivity index (χ3v) is 3.89. The SMILES string of the molecule is CCOC(=O)N1CCC(=NOc2nc3oc(=O)cc(CC)c3c(=O)[nH]2)C1. The summed E-state index contributed by atoms with van der Waals surface area (Å²) in [4.78, 5) is 48.6. The van der Waals surface area contributed by atoms with E-state index in [0.29, 0.717) is 37.3 Å². The number of hydrogen-bond acceptors (Lipinski definition) is 8. The molecule has 0 atom stereocenters. The van der Waals surface area contributed by atoms with Gasteiger partial charge in [0.1, 0.15) is 5.39 Å². The Balaban J connectivity index is 1.81. The number of carbonyl (C=O) groups excluding carboxylic acids is 1. The number of nitrogens with one attached hydrogen (secondary N) is 1. The molecule has 3 rings (SSSR count). The number of aryl methyl sites for hydroxylation is 1. The standard InChI is InChI=1S/C16H18N4O6/c1-3-9-7-11(21)25-14-12(9)13(22)17-15(18-14)26-19-10-5-6-20(8-10)16(23)24-4-2/h7H,3-6,8H2,1-2H3,(H,17,18,22). The zero-order valence-corrected chi connectivity index (χ0v) is 14.4. The lowest BCUT2D eigenvalue weighted by molar-refractivity contribution is 0.117. The van der Waals surface area contributed by atoms with Gasteiger partial charge < -0.3 is 18.9 Å². The van der Waals surface area contributed by atoms with E-state index in [4.69, 9.17) is 14.0 Å². The molecule has 1 N–H and O–H groups in total. The van der Waals surface area contributed by atoms with E-state index in [2.05, 4.69) is 15.1 Å². The number of rotatable bonds is 4. The van der Waals surface area contributed by atoms with E-state index in [1.165, 1.54) is 11.0 Å². The van der Waals surface area contributed by atoms with Crippen molar-refractivity contribution in [3.05, 3.63) is 32.4 Å². The quantitative estimate of drug-likeness (QED) is 0.805. The zero-order chi connectivity index (χ0) is 18.7. The van der Waals surface area contributed by atoms with Crippen LogP contribution in [0.25, 0.3) is 11.1 Å². The van der Waals surface area contributed by atoms with E-state index < -0.39 is 17.3 Å². The third kappa shape index (κ3) is 3.58. The van der Waals surface area contributed by atoms with Gasteiger partial charge in [-0.2, -0.15) is 4.98 Å². The number of nitrogens with zero attached hydrogens (tertiary/aromatic N) is 3. The largest absolute Gasteiger partial charge is 0.450 e. The summed E-state index contributed by atoms with van der Waals surface area (Å²) in [5, 5.41) is 4.12. The Morgan fingerprint density at radius 2 is 2.23 bits per heavy atom. The highest BCUT2D eigenvalue weighted by Gasteiger charge is 2.24. The van der Waals surface area contributed by atoms with Crippen LogP contribution in [-0.2, 0) is 11.2 Å². The summed E-state index contributed by atoms with van der Waals surface area (Å²) in [7, 11) is 0. The minimum atomic E-state index is -0.592. The average molecular weight is 362 g/mol. The lowest BCUT2D eigenvalue weighted by Crippen LogP contribution is -2.29. The molecular weight excluding hydrogens is 344 g/mol. The van der Waals surface area contributed by atoms with Crippen LogP contribution < -0.4 is 16.0 Å². The topological polar surface area (TPSA) is 127 Å². The highest BCUT2D eigenvalue weighted by atomic mass is 16.6. The number of carbonyl (C=O) groups is 1. The molecular formula is C16H18N4O6. The predicted molar refractivity (Wildman–Crippen MR) is 91.6 cm³/mol. The van der Waals surface area contributed by atoms with Crippen LogP contribution in [0.3, 0.4) is 0 Å². The van der Waals surface area contributed by atoms with Crippen molar-refractivity contribution in [2.75, 3.05) is 19.7 Å². The van der Waals surface area contributed by atoms with E-state index in [9.17, 15) is 14.4 Å². The summed E-state index contributed by atoms with van der Waals surface area (Å²) in [5.74, 6) is 0. The van der Waals surface area contributed by atoms with Crippen molar-refractivity contribution in [2.45, 2.75) is 26.7 Å². The second-order valence-electron chi connectivity index (χ2n) is 5.61. The van der Waals surface area contributed by atoms with Crippen molar-refractivity contribution in [1.29, 1.82) is 0 Å². The van der Waals surface area contributed by atoms with E-state index >= 15 is 0 Å². The summed E-state index contributed by atoms with van der Waals surface area (Å²) >= 11 is 0. The Bertz CT molecular complexity index is 977. The molecule has 2 aromatic heterocycles. The van der Waals surface area contributed by atoms with Crippen molar-refractivity contribution < 1.29 is 18.8 Å². The van der Waals surface area contributed by atoms with Crippen LogP contribution in [0.1, 0.15) is 25.8 Å².